The maximum atomic E-state index is 10.2. The Morgan fingerprint density at radius 2 is 1.93 bits per heavy atom. The van der Waals surface area contributed by atoms with Crippen LogP contribution in [0.1, 0.15) is 72.6 Å². The number of aliphatic hydroxyl groups excluding tert-OH is 2. The van der Waals surface area contributed by atoms with Crippen molar-refractivity contribution in [2.75, 3.05) is 19.7 Å². The lowest BCUT2D eigenvalue weighted by Gasteiger charge is -2.54. The van der Waals surface area contributed by atoms with Crippen molar-refractivity contribution in [2.24, 2.45) is 40.4 Å². The monoisotopic (exact) mass is 377 g/mol. The molecule has 3 nitrogen and oxygen atoms in total. The van der Waals surface area contributed by atoms with Crippen LogP contribution in [0.15, 0.2) is 12.2 Å². The van der Waals surface area contributed by atoms with E-state index in [1.807, 2.05) is 0 Å². The molecule has 3 aliphatic rings. The number of aliphatic hydroxyl groups is 2. The number of nitrogens with one attached hydrogen (secondary N) is 1. The normalized spacial score (nSPS) is 43.0. The van der Waals surface area contributed by atoms with Crippen LogP contribution >= 0.6 is 0 Å². The molecule has 0 bridgehead atoms. The third kappa shape index (κ3) is 4.46. The minimum absolute atomic E-state index is 0.150. The van der Waals surface area contributed by atoms with Gasteiger partial charge in [0.1, 0.15) is 0 Å². The van der Waals surface area contributed by atoms with Gasteiger partial charge < -0.3 is 15.5 Å². The van der Waals surface area contributed by atoms with Crippen molar-refractivity contribution in [3.8, 4) is 0 Å². The molecule has 3 fully saturated rings. The third-order valence-electron chi connectivity index (χ3n) is 8.30. The molecule has 0 spiro atoms. The zero-order valence-electron chi connectivity index (χ0n) is 18.1. The Bertz CT molecular complexity index is 525. The van der Waals surface area contributed by atoms with Crippen LogP contribution in [0.2, 0.25) is 0 Å². The van der Waals surface area contributed by atoms with Crippen LogP contribution in [-0.2, 0) is 0 Å². The second kappa shape index (κ2) is 8.16. The van der Waals surface area contributed by atoms with Crippen molar-refractivity contribution >= 4 is 0 Å². The highest BCUT2D eigenvalue weighted by Crippen LogP contribution is 2.58. The Morgan fingerprint density at radius 1 is 1.19 bits per heavy atom. The van der Waals surface area contributed by atoms with Crippen molar-refractivity contribution in [3.63, 3.8) is 0 Å². The Kier molecular flexibility index (Phi) is 6.45. The number of fused-ring (bicyclic) bond motifs is 1. The molecule has 0 heterocycles. The number of allylic oxidation sites excluding steroid dienone is 1. The van der Waals surface area contributed by atoms with Gasteiger partial charge in [0.2, 0.25) is 0 Å². The molecule has 0 aromatic carbocycles. The lowest BCUT2D eigenvalue weighted by atomic mass is 9.52. The fourth-order valence-corrected chi connectivity index (χ4v) is 6.74. The van der Waals surface area contributed by atoms with Gasteiger partial charge in [-0.1, -0.05) is 39.8 Å². The molecule has 156 valence electrons. The molecule has 3 heteroatoms. The van der Waals surface area contributed by atoms with E-state index in [-0.39, 0.29) is 24.0 Å². The Hall–Kier alpha value is -0.380. The van der Waals surface area contributed by atoms with Gasteiger partial charge in [-0.15, -0.1) is 0 Å². The third-order valence-corrected chi connectivity index (χ3v) is 8.30. The largest absolute Gasteiger partial charge is 0.396 e. The first-order valence-electron chi connectivity index (χ1n) is 11.3. The molecule has 0 aliphatic heterocycles. The van der Waals surface area contributed by atoms with Crippen LogP contribution in [-0.4, -0.2) is 36.0 Å². The predicted octanol–water partition coefficient (Wildman–Crippen LogP) is 4.39. The van der Waals surface area contributed by atoms with Gasteiger partial charge in [-0.05, 0) is 98.5 Å². The Morgan fingerprint density at radius 3 is 2.59 bits per heavy atom. The van der Waals surface area contributed by atoms with E-state index in [1.165, 1.54) is 31.3 Å². The molecule has 3 rings (SSSR count). The summed E-state index contributed by atoms with van der Waals surface area (Å²) in [6.07, 6.45) is 7.53. The standard InChI is InChI=1S/C24H43NO2/c1-16-6-7-20-19(16)8-9-22(21(20)13-25-15-23(2,3)4)24(5)11-10-18(27)12-17(24)14-26/h17-22,25-27H,1,6-15H2,2-5H3/t17-,18+,19?,20?,21+,22?,24+/m1/s1. The van der Waals surface area contributed by atoms with Gasteiger partial charge in [0.25, 0.3) is 0 Å². The molecule has 0 aromatic heterocycles. The van der Waals surface area contributed by atoms with Gasteiger partial charge in [0, 0.05) is 6.61 Å². The first kappa shape index (κ1) is 21.3. The zero-order chi connectivity index (χ0) is 19.8. The molecule has 3 unspecified atom stereocenters. The molecule has 3 N–H and O–H groups in total. The van der Waals surface area contributed by atoms with Crippen LogP contribution in [0.4, 0.5) is 0 Å². The minimum atomic E-state index is -0.227. The maximum Gasteiger partial charge on any atom is 0.0544 e. The summed E-state index contributed by atoms with van der Waals surface area (Å²) in [6, 6.07) is 0. The zero-order valence-corrected chi connectivity index (χ0v) is 18.1. The lowest BCUT2D eigenvalue weighted by molar-refractivity contribution is -0.0826. The highest BCUT2D eigenvalue weighted by molar-refractivity contribution is 5.14. The first-order chi connectivity index (χ1) is 12.7. The fraction of sp³-hybridized carbons (Fsp3) is 0.917. The smallest absolute Gasteiger partial charge is 0.0544 e. The molecule has 0 aromatic rings. The molecule has 0 radical (unpaired) electrons. The predicted molar refractivity (Wildman–Crippen MR) is 112 cm³/mol. The van der Waals surface area contributed by atoms with E-state index < -0.39 is 0 Å². The molecule has 0 amide bonds. The molecule has 0 saturated heterocycles. The van der Waals surface area contributed by atoms with Crippen LogP contribution in [0.3, 0.4) is 0 Å². The molecule has 3 saturated carbocycles. The summed E-state index contributed by atoms with van der Waals surface area (Å²) in [5, 5.41) is 24.1. The van der Waals surface area contributed by atoms with Gasteiger partial charge in [-0.25, -0.2) is 0 Å². The second-order valence-electron chi connectivity index (χ2n) is 11.3. The summed E-state index contributed by atoms with van der Waals surface area (Å²) >= 11 is 0. The van der Waals surface area contributed by atoms with E-state index in [2.05, 4.69) is 39.6 Å². The highest BCUT2D eigenvalue weighted by Gasteiger charge is 2.52. The molecule has 7 atom stereocenters. The van der Waals surface area contributed by atoms with Gasteiger partial charge in [0.15, 0.2) is 0 Å². The van der Waals surface area contributed by atoms with Gasteiger partial charge in [0.05, 0.1) is 6.10 Å². The minimum Gasteiger partial charge on any atom is -0.396 e. The van der Waals surface area contributed by atoms with Crippen LogP contribution in [0.25, 0.3) is 0 Å². The highest BCUT2D eigenvalue weighted by atomic mass is 16.3. The average molecular weight is 378 g/mol. The van der Waals surface area contributed by atoms with Gasteiger partial charge in [-0.3, -0.25) is 0 Å². The summed E-state index contributed by atoms with van der Waals surface area (Å²) < 4.78 is 0. The fourth-order valence-electron chi connectivity index (χ4n) is 6.74. The number of hydrogen-bond donors (Lipinski definition) is 3. The van der Waals surface area contributed by atoms with Crippen molar-refractivity contribution < 1.29 is 10.2 Å². The van der Waals surface area contributed by atoms with E-state index in [4.69, 9.17) is 0 Å². The number of rotatable bonds is 5. The molecule has 3 aliphatic carbocycles. The van der Waals surface area contributed by atoms with E-state index in [0.29, 0.717) is 23.2 Å². The Labute approximate surface area is 167 Å². The van der Waals surface area contributed by atoms with Gasteiger partial charge in [-0.2, -0.15) is 0 Å². The van der Waals surface area contributed by atoms with Crippen molar-refractivity contribution in [2.45, 2.75) is 78.7 Å². The molecular formula is C24H43NO2. The van der Waals surface area contributed by atoms with Crippen molar-refractivity contribution in [1.29, 1.82) is 0 Å². The summed E-state index contributed by atoms with van der Waals surface area (Å²) in [4.78, 5) is 0. The van der Waals surface area contributed by atoms with E-state index >= 15 is 0 Å². The van der Waals surface area contributed by atoms with E-state index in [1.54, 1.807) is 0 Å². The summed E-state index contributed by atoms with van der Waals surface area (Å²) in [7, 11) is 0. The first-order valence-corrected chi connectivity index (χ1v) is 11.3. The van der Waals surface area contributed by atoms with E-state index in [0.717, 1.165) is 38.3 Å². The molecule has 27 heavy (non-hydrogen) atoms. The van der Waals surface area contributed by atoms with E-state index in [9.17, 15) is 10.2 Å². The number of hydrogen-bond acceptors (Lipinski definition) is 3. The summed E-state index contributed by atoms with van der Waals surface area (Å²) in [5.41, 5.74) is 1.94. The lowest BCUT2D eigenvalue weighted by Crippen LogP contribution is -2.51. The quantitative estimate of drug-likeness (QED) is 0.623. The van der Waals surface area contributed by atoms with Crippen molar-refractivity contribution in [3.05, 3.63) is 12.2 Å². The Balaban J connectivity index is 1.81. The maximum absolute atomic E-state index is 10.2. The second-order valence-corrected chi connectivity index (χ2v) is 11.3. The SMILES string of the molecule is C=C1CCC2C1CCC([C@@]1(C)CC[C@H](O)C[C@@H]1CO)[C@H]2CNCC(C)(C)C. The topological polar surface area (TPSA) is 52.5 Å². The summed E-state index contributed by atoms with van der Waals surface area (Å²) in [5.74, 6) is 3.01. The molecular weight excluding hydrogens is 334 g/mol. The van der Waals surface area contributed by atoms with Crippen LogP contribution < -0.4 is 5.32 Å². The van der Waals surface area contributed by atoms with Gasteiger partial charge >= 0.3 is 0 Å². The van der Waals surface area contributed by atoms with Crippen LogP contribution in [0, 0.1) is 40.4 Å². The average Bonchev–Trinajstić information content (AvgIpc) is 2.97. The van der Waals surface area contributed by atoms with Crippen LogP contribution in [0.5, 0.6) is 0 Å². The summed E-state index contributed by atoms with van der Waals surface area (Å²) in [6.45, 7) is 16.1. The van der Waals surface area contributed by atoms with Crippen molar-refractivity contribution in [1.82, 2.24) is 5.32 Å².